The molecule has 0 amide bonds. The van der Waals surface area contributed by atoms with E-state index >= 15 is 0 Å². The first-order valence-corrected chi connectivity index (χ1v) is 4.74. The summed E-state index contributed by atoms with van der Waals surface area (Å²) < 4.78 is 8.90. The molecule has 0 radical (unpaired) electrons. The van der Waals surface area contributed by atoms with Crippen molar-refractivity contribution in [3.05, 3.63) is 52.3 Å². The number of benzene rings is 1. The molecule has 0 N–H and O–H groups in total. The molecule has 0 bridgehead atoms. The third-order valence-electron chi connectivity index (χ3n) is 1.89. The van der Waals surface area contributed by atoms with Crippen LogP contribution in [0.5, 0.6) is 0 Å². The van der Waals surface area contributed by atoms with Gasteiger partial charge >= 0.3 is 11.9 Å². The predicted molar refractivity (Wildman–Crippen MR) is 59.7 cm³/mol. The second-order valence-electron chi connectivity index (χ2n) is 3.04. The molecule has 0 fully saturated rings. The number of methoxy groups -OCH3 is 1. The Balaban J connectivity index is 2.65. The quantitative estimate of drug-likeness (QED) is 0.264. The van der Waals surface area contributed by atoms with Crippen LogP contribution in [0.2, 0.25) is 0 Å². The van der Waals surface area contributed by atoms with E-state index in [4.69, 9.17) is 0 Å². The molecule has 18 heavy (non-hydrogen) atoms. The van der Waals surface area contributed by atoms with Crippen molar-refractivity contribution in [3.8, 4) is 0 Å². The summed E-state index contributed by atoms with van der Waals surface area (Å²) in [5, 5.41) is 10.4. The lowest BCUT2D eigenvalue weighted by atomic mass is 10.2. The number of non-ortho nitro benzene ring substituents is 1. The number of carbonyl (C=O) groups excluding carboxylic acids is 2. The number of rotatable bonds is 4. The molecule has 0 heterocycles. The Kier molecular flexibility index (Phi) is 4.56. The molecule has 7 heteroatoms. The van der Waals surface area contributed by atoms with Crippen LogP contribution < -0.4 is 0 Å². The third kappa shape index (κ3) is 3.71. The number of ether oxygens (including phenoxy) is 2. The summed E-state index contributed by atoms with van der Waals surface area (Å²) in [4.78, 5) is 31.9. The monoisotopic (exact) mass is 251 g/mol. The highest BCUT2D eigenvalue weighted by Crippen LogP contribution is 2.12. The van der Waals surface area contributed by atoms with Crippen LogP contribution in [0.4, 0.5) is 5.69 Å². The molecular formula is C11H9NO6. The van der Waals surface area contributed by atoms with Gasteiger partial charge in [0.1, 0.15) is 6.26 Å². The molecule has 0 aliphatic heterocycles. The van der Waals surface area contributed by atoms with Crippen LogP contribution >= 0.6 is 0 Å². The SMILES string of the molecule is COC(=O)C=COC(=O)c1ccc([N+](=O)[O-])cc1. The minimum Gasteiger partial charge on any atom is -0.466 e. The number of hydrogen-bond acceptors (Lipinski definition) is 6. The molecule has 7 nitrogen and oxygen atoms in total. The first kappa shape index (κ1) is 13.4. The Hall–Kier alpha value is -2.70. The molecule has 1 rings (SSSR count). The third-order valence-corrected chi connectivity index (χ3v) is 1.89. The van der Waals surface area contributed by atoms with Crippen molar-refractivity contribution < 1.29 is 24.0 Å². The van der Waals surface area contributed by atoms with Crippen LogP contribution in [0, 0.1) is 10.1 Å². The molecule has 0 atom stereocenters. The minimum atomic E-state index is -0.731. The summed E-state index contributed by atoms with van der Waals surface area (Å²) in [6.07, 6.45) is 1.82. The lowest BCUT2D eigenvalue weighted by Gasteiger charge is -1.98. The van der Waals surface area contributed by atoms with E-state index in [2.05, 4.69) is 9.47 Å². The molecule has 0 aromatic heterocycles. The minimum absolute atomic E-state index is 0.128. The molecule has 1 aromatic carbocycles. The second-order valence-corrected chi connectivity index (χ2v) is 3.04. The standard InChI is InChI=1S/C11H9NO6/c1-17-10(13)6-7-18-11(14)8-2-4-9(5-3-8)12(15)16/h2-7H,1H3. The van der Waals surface area contributed by atoms with Crippen molar-refractivity contribution in [1.82, 2.24) is 0 Å². The van der Waals surface area contributed by atoms with Gasteiger partial charge in [0.25, 0.3) is 5.69 Å². The van der Waals surface area contributed by atoms with Gasteiger partial charge in [-0.15, -0.1) is 0 Å². The number of nitrogens with zero attached hydrogens (tertiary/aromatic N) is 1. The Morgan fingerprint density at radius 3 is 2.39 bits per heavy atom. The van der Waals surface area contributed by atoms with Gasteiger partial charge in [0.05, 0.1) is 23.7 Å². The Labute approximate surface area is 102 Å². The predicted octanol–water partition coefficient (Wildman–Crippen LogP) is 1.44. The Morgan fingerprint density at radius 2 is 1.89 bits per heavy atom. The van der Waals surface area contributed by atoms with Crippen molar-refractivity contribution in [2.45, 2.75) is 0 Å². The van der Waals surface area contributed by atoms with Gasteiger partial charge < -0.3 is 9.47 Å². The van der Waals surface area contributed by atoms with Crippen molar-refractivity contribution in [2.24, 2.45) is 0 Å². The van der Waals surface area contributed by atoms with Crippen LogP contribution in [-0.4, -0.2) is 24.0 Å². The summed E-state index contributed by atoms with van der Waals surface area (Å²) in [6.45, 7) is 0. The fraction of sp³-hybridized carbons (Fsp3) is 0.0909. The van der Waals surface area contributed by atoms with E-state index in [1.807, 2.05) is 0 Å². The summed E-state index contributed by atoms with van der Waals surface area (Å²) in [7, 11) is 1.19. The topological polar surface area (TPSA) is 95.7 Å². The Morgan fingerprint density at radius 1 is 1.28 bits per heavy atom. The van der Waals surface area contributed by atoms with E-state index in [0.29, 0.717) is 0 Å². The largest absolute Gasteiger partial charge is 0.466 e. The average molecular weight is 251 g/mol. The zero-order valence-electron chi connectivity index (χ0n) is 9.36. The van der Waals surface area contributed by atoms with Gasteiger partial charge in [0, 0.05) is 12.1 Å². The molecule has 0 saturated carbocycles. The van der Waals surface area contributed by atoms with E-state index in [0.717, 1.165) is 12.3 Å². The highest BCUT2D eigenvalue weighted by molar-refractivity contribution is 5.90. The van der Waals surface area contributed by atoms with Gasteiger partial charge in [-0.1, -0.05) is 0 Å². The molecular weight excluding hydrogens is 242 g/mol. The van der Waals surface area contributed by atoms with E-state index in [1.54, 1.807) is 0 Å². The normalized spacial score (nSPS) is 10.1. The summed E-state index contributed by atoms with van der Waals surface area (Å²) in [5.74, 6) is -1.39. The van der Waals surface area contributed by atoms with E-state index < -0.39 is 16.9 Å². The molecule has 0 spiro atoms. The number of carbonyl (C=O) groups is 2. The smallest absolute Gasteiger partial charge is 0.342 e. The highest BCUT2D eigenvalue weighted by Gasteiger charge is 2.09. The number of hydrogen-bond donors (Lipinski definition) is 0. The van der Waals surface area contributed by atoms with Gasteiger partial charge in [-0.3, -0.25) is 10.1 Å². The number of nitro groups is 1. The Bertz CT molecular complexity index is 491. The van der Waals surface area contributed by atoms with E-state index in [9.17, 15) is 19.7 Å². The first-order chi connectivity index (χ1) is 8.54. The van der Waals surface area contributed by atoms with Crippen LogP contribution in [0.1, 0.15) is 10.4 Å². The average Bonchev–Trinajstić information content (AvgIpc) is 2.38. The maximum Gasteiger partial charge on any atom is 0.342 e. The van der Waals surface area contributed by atoms with Gasteiger partial charge in [-0.2, -0.15) is 0 Å². The summed E-state index contributed by atoms with van der Waals surface area (Å²) >= 11 is 0. The second kappa shape index (κ2) is 6.14. The number of esters is 2. The zero-order chi connectivity index (χ0) is 13.5. The molecule has 1 aromatic rings. The van der Waals surface area contributed by atoms with Crippen molar-refractivity contribution in [1.29, 1.82) is 0 Å². The first-order valence-electron chi connectivity index (χ1n) is 4.74. The lowest BCUT2D eigenvalue weighted by molar-refractivity contribution is -0.384. The fourth-order valence-corrected chi connectivity index (χ4v) is 1.01. The van der Waals surface area contributed by atoms with Crippen molar-refractivity contribution in [2.75, 3.05) is 7.11 Å². The zero-order valence-corrected chi connectivity index (χ0v) is 9.36. The molecule has 0 saturated heterocycles. The van der Waals surface area contributed by atoms with Crippen LogP contribution in [0.3, 0.4) is 0 Å². The maximum atomic E-state index is 11.4. The van der Waals surface area contributed by atoms with Crippen molar-refractivity contribution in [3.63, 3.8) is 0 Å². The van der Waals surface area contributed by atoms with Crippen LogP contribution in [0.15, 0.2) is 36.6 Å². The summed E-state index contributed by atoms with van der Waals surface area (Å²) in [5.41, 5.74) is 0.00627. The van der Waals surface area contributed by atoms with E-state index in [-0.39, 0.29) is 11.3 Å². The van der Waals surface area contributed by atoms with Crippen LogP contribution in [-0.2, 0) is 14.3 Å². The van der Waals surface area contributed by atoms with Gasteiger partial charge in [-0.25, -0.2) is 9.59 Å². The lowest BCUT2D eigenvalue weighted by Crippen LogP contribution is -2.02. The molecule has 94 valence electrons. The molecule has 0 aliphatic rings. The van der Waals surface area contributed by atoms with Gasteiger partial charge in [0.15, 0.2) is 0 Å². The van der Waals surface area contributed by atoms with Gasteiger partial charge in [-0.05, 0) is 12.1 Å². The molecule has 0 unspecified atom stereocenters. The van der Waals surface area contributed by atoms with Crippen molar-refractivity contribution >= 4 is 17.6 Å². The van der Waals surface area contributed by atoms with E-state index in [1.165, 1.54) is 31.4 Å². The fourth-order valence-electron chi connectivity index (χ4n) is 1.01. The van der Waals surface area contributed by atoms with Gasteiger partial charge in [0.2, 0.25) is 0 Å². The highest BCUT2D eigenvalue weighted by atomic mass is 16.6. The number of nitro benzene ring substituents is 1. The maximum absolute atomic E-state index is 11.4. The van der Waals surface area contributed by atoms with Crippen LogP contribution in [0.25, 0.3) is 0 Å². The molecule has 0 aliphatic carbocycles. The summed E-state index contributed by atoms with van der Waals surface area (Å²) in [6, 6.07) is 4.88.